The highest BCUT2D eigenvalue weighted by Crippen LogP contribution is 2.49. The first-order valence-corrected chi connectivity index (χ1v) is 7.98. The van der Waals surface area contributed by atoms with Crippen molar-refractivity contribution in [3.8, 4) is 0 Å². The Morgan fingerprint density at radius 2 is 1.96 bits per heavy atom. The van der Waals surface area contributed by atoms with E-state index in [2.05, 4.69) is 48.7 Å². The number of anilines is 1. The van der Waals surface area contributed by atoms with Crippen LogP contribution in [0, 0.1) is 12.8 Å². The number of hydrogen-bond donors (Lipinski definition) is 1. The fraction of sp³-hybridized carbons (Fsp3) is 0.250. The van der Waals surface area contributed by atoms with Gasteiger partial charge in [-0.1, -0.05) is 48.0 Å². The molecule has 3 nitrogen and oxygen atoms in total. The van der Waals surface area contributed by atoms with E-state index >= 15 is 0 Å². The maximum atomic E-state index is 11.1. The van der Waals surface area contributed by atoms with E-state index < -0.39 is 5.97 Å². The van der Waals surface area contributed by atoms with E-state index in [9.17, 15) is 9.90 Å². The van der Waals surface area contributed by atoms with Gasteiger partial charge in [0.05, 0.1) is 12.0 Å². The van der Waals surface area contributed by atoms with Crippen molar-refractivity contribution in [2.75, 3.05) is 5.32 Å². The van der Waals surface area contributed by atoms with Gasteiger partial charge in [-0.05, 0) is 48.1 Å². The Kier molecular flexibility index (Phi) is 3.22. The second kappa shape index (κ2) is 5.27. The van der Waals surface area contributed by atoms with Gasteiger partial charge in [-0.25, -0.2) is 0 Å². The second-order valence-corrected chi connectivity index (χ2v) is 6.48. The van der Waals surface area contributed by atoms with E-state index in [1.807, 2.05) is 6.07 Å². The molecule has 2 aromatic carbocycles. The first-order valence-electron chi connectivity index (χ1n) is 7.98. The number of rotatable bonds is 2. The minimum absolute atomic E-state index is 0.247. The lowest BCUT2D eigenvalue weighted by molar-refractivity contribution is -0.255. The average molecular weight is 304 g/mol. The number of benzene rings is 2. The molecule has 23 heavy (non-hydrogen) atoms. The van der Waals surface area contributed by atoms with Crippen LogP contribution in [-0.4, -0.2) is 5.97 Å². The zero-order chi connectivity index (χ0) is 16.0. The number of aromatic carboxylic acids is 1. The molecule has 2 aromatic rings. The molecular formula is C20H18NO2-. The SMILES string of the molecule is Cc1ccc([C@H]2Nc3ccc(C(=O)[O-])cc3[C@@H]3C=CC[C@@H]23)cc1. The van der Waals surface area contributed by atoms with E-state index in [4.69, 9.17) is 0 Å². The summed E-state index contributed by atoms with van der Waals surface area (Å²) in [6.07, 6.45) is 5.43. The smallest absolute Gasteiger partial charge is 0.0715 e. The number of nitrogens with one attached hydrogen (secondary N) is 1. The van der Waals surface area contributed by atoms with Gasteiger partial charge in [0, 0.05) is 11.6 Å². The molecule has 0 amide bonds. The molecule has 0 fully saturated rings. The van der Waals surface area contributed by atoms with Crippen LogP contribution in [0.2, 0.25) is 0 Å². The molecule has 4 rings (SSSR count). The summed E-state index contributed by atoms with van der Waals surface area (Å²) < 4.78 is 0. The minimum atomic E-state index is -1.12. The molecule has 1 aliphatic heterocycles. The van der Waals surface area contributed by atoms with Crippen molar-refractivity contribution in [3.05, 3.63) is 76.9 Å². The molecule has 116 valence electrons. The fourth-order valence-electron chi connectivity index (χ4n) is 3.83. The van der Waals surface area contributed by atoms with Crippen molar-refractivity contribution >= 4 is 11.7 Å². The summed E-state index contributed by atoms with van der Waals surface area (Å²) in [5, 5.41) is 14.8. The Balaban J connectivity index is 1.77. The Hall–Kier alpha value is -2.55. The topological polar surface area (TPSA) is 52.2 Å². The molecule has 0 saturated heterocycles. The van der Waals surface area contributed by atoms with Crippen LogP contribution in [0.5, 0.6) is 0 Å². The predicted octanol–water partition coefficient (Wildman–Crippen LogP) is 3.19. The van der Waals surface area contributed by atoms with E-state index in [1.165, 1.54) is 11.1 Å². The zero-order valence-corrected chi connectivity index (χ0v) is 13.0. The lowest BCUT2D eigenvalue weighted by Gasteiger charge is -2.38. The molecule has 1 heterocycles. The van der Waals surface area contributed by atoms with Crippen LogP contribution in [0.25, 0.3) is 0 Å². The van der Waals surface area contributed by atoms with Crippen LogP contribution in [0.4, 0.5) is 5.69 Å². The van der Waals surface area contributed by atoms with Gasteiger partial charge >= 0.3 is 0 Å². The quantitative estimate of drug-likeness (QED) is 0.867. The first kappa shape index (κ1) is 14.1. The number of aryl methyl sites for hydroxylation is 1. The maximum absolute atomic E-state index is 11.1. The van der Waals surface area contributed by atoms with Crippen LogP contribution in [-0.2, 0) is 0 Å². The van der Waals surface area contributed by atoms with Gasteiger partial charge in [0.1, 0.15) is 0 Å². The predicted molar refractivity (Wildman–Crippen MR) is 88.3 cm³/mol. The molecular weight excluding hydrogens is 286 g/mol. The van der Waals surface area contributed by atoms with Crippen molar-refractivity contribution < 1.29 is 9.90 Å². The number of carbonyl (C=O) groups is 1. The number of carboxylic acid groups (broad SMARTS) is 1. The van der Waals surface area contributed by atoms with Crippen LogP contribution < -0.4 is 10.4 Å². The maximum Gasteiger partial charge on any atom is 0.0715 e. The molecule has 3 atom stereocenters. The highest BCUT2D eigenvalue weighted by Gasteiger charge is 2.37. The van der Waals surface area contributed by atoms with Crippen LogP contribution in [0.1, 0.15) is 45.4 Å². The van der Waals surface area contributed by atoms with Crippen molar-refractivity contribution in [1.82, 2.24) is 0 Å². The third-order valence-corrected chi connectivity index (χ3v) is 5.03. The molecule has 0 spiro atoms. The summed E-state index contributed by atoms with van der Waals surface area (Å²) in [5.41, 5.74) is 4.87. The first-order chi connectivity index (χ1) is 11.1. The average Bonchev–Trinajstić information content (AvgIpc) is 3.04. The van der Waals surface area contributed by atoms with E-state index in [0.29, 0.717) is 5.92 Å². The summed E-state index contributed by atoms with van der Waals surface area (Å²) in [4.78, 5) is 11.1. The fourth-order valence-corrected chi connectivity index (χ4v) is 3.83. The Morgan fingerprint density at radius 3 is 2.70 bits per heavy atom. The van der Waals surface area contributed by atoms with E-state index in [-0.39, 0.29) is 17.5 Å². The van der Waals surface area contributed by atoms with Gasteiger partial charge in [0.2, 0.25) is 0 Å². The van der Waals surface area contributed by atoms with Gasteiger partial charge in [-0.3, -0.25) is 0 Å². The molecule has 0 aromatic heterocycles. The molecule has 0 unspecified atom stereocenters. The summed E-state index contributed by atoms with van der Waals surface area (Å²) >= 11 is 0. The Labute approximate surface area is 135 Å². The molecule has 3 heteroatoms. The van der Waals surface area contributed by atoms with Crippen molar-refractivity contribution in [1.29, 1.82) is 0 Å². The standard InChI is InChI=1S/C20H19NO2/c1-12-5-7-13(8-6-12)19-16-4-2-3-15(16)17-11-14(20(22)23)9-10-18(17)21-19/h2-3,5-11,15-16,19,21H,4H2,1H3,(H,22,23)/p-1/t15-,16-,19-/m1/s1. The van der Waals surface area contributed by atoms with Gasteiger partial charge in [-0.15, -0.1) is 0 Å². The summed E-state index contributed by atoms with van der Waals surface area (Å²) in [6.45, 7) is 2.09. The van der Waals surface area contributed by atoms with Crippen LogP contribution in [0.15, 0.2) is 54.6 Å². The van der Waals surface area contributed by atoms with E-state index in [1.54, 1.807) is 12.1 Å². The van der Waals surface area contributed by atoms with Crippen molar-refractivity contribution in [3.63, 3.8) is 0 Å². The summed E-state index contributed by atoms with van der Waals surface area (Å²) in [7, 11) is 0. The summed E-state index contributed by atoms with van der Waals surface area (Å²) in [5.74, 6) is -0.439. The van der Waals surface area contributed by atoms with Gasteiger partial charge in [-0.2, -0.15) is 0 Å². The number of fused-ring (bicyclic) bond motifs is 3. The second-order valence-electron chi connectivity index (χ2n) is 6.48. The lowest BCUT2D eigenvalue weighted by Crippen LogP contribution is -2.30. The highest BCUT2D eigenvalue weighted by atomic mass is 16.4. The minimum Gasteiger partial charge on any atom is -0.545 e. The Bertz CT molecular complexity index is 792. The highest BCUT2D eigenvalue weighted by molar-refractivity contribution is 5.87. The Morgan fingerprint density at radius 1 is 1.17 bits per heavy atom. The molecule has 2 aliphatic rings. The third-order valence-electron chi connectivity index (χ3n) is 5.03. The van der Waals surface area contributed by atoms with E-state index in [0.717, 1.165) is 17.7 Å². The summed E-state index contributed by atoms with van der Waals surface area (Å²) in [6, 6.07) is 14.1. The van der Waals surface area contributed by atoms with Crippen LogP contribution in [0.3, 0.4) is 0 Å². The number of carbonyl (C=O) groups excluding carboxylic acids is 1. The number of allylic oxidation sites excluding steroid dienone is 2. The number of carboxylic acids is 1. The van der Waals surface area contributed by atoms with Crippen molar-refractivity contribution in [2.24, 2.45) is 5.92 Å². The van der Waals surface area contributed by atoms with Gasteiger partial charge in [0.25, 0.3) is 0 Å². The lowest BCUT2D eigenvalue weighted by atomic mass is 9.76. The van der Waals surface area contributed by atoms with Crippen LogP contribution >= 0.6 is 0 Å². The normalized spacial score (nSPS) is 24.7. The molecule has 0 bridgehead atoms. The monoisotopic (exact) mass is 304 g/mol. The molecule has 1 aliphatic carbocycles. The number of hydrogen-bond acceptors (Lipinski definition) is 3. The third kappa shape index (κ3) is 2.33. The van der Waals surface area contributed by atoms with Crippen molar-refractivity contribution in [2.45, 2.75) is 25.3 Å². The van der Waals surface area contributed by atoms with Gasteiger partial charge in [0.15, 0.2) is 0 Å². The largest absolute Gasteiger partial charge is 0.545 e. The molecule has 0 saturated carbocycles. The zero-order valence-electron chi connectivity index (χ0n) is 13.0. The van der Waals surface area contributed by atoms with Gasteiger partial charge < -0.3 is 15.2 Å². The molecule has 1 N–H and O–H groups in total. The molecule has 0 radical (unpaired) electrons.